The van der Waals surface area contributed by atoms with Crippen molar-refractivity contribution in [3.05, 3.63) is 53.9 Å². The van der Waals surface area contributed by atoms with Crippen molar-refractivity contribution in [2.24, 2.45) is 0 Å². The van der Waals surface area contributed by atoms with E-state index in [-0.39, 0.29) is 12.5 Å². The number of benzene rings is 1. The highest BCUT2D eigenvalue weighted by molar-refractivity contribution is 7.13. The van der Waals surface area contributed by atoms with Crippen LogP contribution in [0.5, 0.6) is 11.5 Å². The predicted molar refractivity (Wildman–Crippen MR) is 110 cm³/mol. The van der Waals surface area contributed by atoms with Gasteiger partial charge in [-0.15, -0.1) is 21.5 Å². The third-order valence-electron chi connectivity index (χ3n) is 5.12. The Hall–Kier alpha value is -3.13. The highest BCUT2D eigenvalue weighted by Crippen LogP contribution is 2.31. The third-order valence-corrected chi connectivity index (χ3v) is 6.02. The maximum Gasteiger partial charge on any atom is 0.267 e. The molecule has 8 heteroatoms. The summed E-state index contributed by atoms with van der Waals surface area (Å²) in [5, 5.41) is 10.8. The first-order valence-electron chi connectivity index (χ1n) is 9.58. The van der Waals surface area contributed by atoms with E-state index in [1.807, 2.05) is 58.8 Å². The lowest BCUT2D eigenvalue weighted by atomic mass is 10.2. The Balaban J connectivity index is 1.19. The molecule has 5 rings (SSSR count). The summed E-state index contributed by atoms with van der Waals surface area (Å²) in [6, 6.07) is 15.5. The number of ether oxygens (including phenoxy) is 2. The Labute approximate surface area is 172 Å². The molecule has 1 atom stereocenters. The van der Waals surface area contributed by atoms with Crippen molar-refractivity contribution in [1.29, 1.82) is 0 Å². The molecule has 0 N–H and O–H groups in total. The lowest BCUT2D eigenvalue weighted by Crippen LogP contribution is -2.54. The van der Waals surface area contributed by atoms with Gasteiger partial charge >= 0.3 is 0 Å². The van der Waals surface area contributed by atoms with Gasteiger partial charge in [-0.25, -0.2) is 0 Å². The number of thiophene rings is 1. The molecule has 148 valence electrons. The summed E-state index contributed by atoms with van der Waals surface area (Å²) in [5.41, 5.74) is 0.882. The summed E-state index contributed by atoms with van der Waals surface area (Å²) in [7, 11) is 0. The molecular formula is C21H20N4O3S. The first kappa shape index (κ1) is 17.9. The zero-order valence-corrected chi connectivity index (χ0v) is 16.5. The van der Waals surface area contributed by atoms with Crippen LogP contribution in [-0.4, -0.2) is 59.9 Å². The average Bonchev–Trinajstić information content (AvgIpc) is 3.33. The third kappa shape index (κ3) is 3.63. The Morgan fingerprint density at radius 2 is 1.79 bits per heavy atom. The average molecular weight is 408 g/mol. The van der Waals surface area contributed by atoms with Gasteiger partial charge < -0.3 is 19.3 Å². The van der Waals surface area contributed by atoms with Crippen molar-refractivity contribution < 1.29 is 14.3 Å². The second-order valence-corrected chi connectivity index (χ2v) is 7.88. The topological polar surface area (TPSA) is 67.8 Å². The van der Waals surface area contributed by atoms with Crippen LogP contribution in [0.3, 0.4) is 0 Å². The molecule has 0 aliphatic carbocycles. The number of rotatable bonds is 3. The molecule has 1 fully saturated rings. The summed E-state index contributed by atoms with van der Waals surface area (Å²) < 4.78 is 11.5. The summed E-state index contributed by atoms with van der Waals surface area (Å²) >= 11 is 1.65. The van der Waals surface area contributed by atoms with Crippen molar-refractivity contribution in [3.63, 3.8) is 0 Å². The number of amides is 1. The van der Waals surface area contributed by atoms with Crippen LogP contribution in [0, 0.1) is 0 Å². The SMILES string of the molecule is O=C(C1COc2ccccc2O1)N1CCN(c2ccc(-c3cccs3)nn2)CC1. The summed E-state index contributed by atoms with van der Waals surface area (Å²) in [6.45, 7) is 2.90. The van der Waals surface area contributed by atoms with E-state index in [4.69, 9.17) is 9.47 Å². The molecule has 0 radical (unpaired) electrons. The zero-order chi connectivity index (χ0) is 19.6. The Morgan fingerprint density at radius 3 is 2.52 bits per heavy atom. The summed E-state index contributed by atoms with van der Waals surface area (Å²) in [6.07, 6.45) is -0.596. The van der Waals surface area contributed by atoms with E-state index in [1.54, 1.807) is 11.3 Å². The molecule has 2 aliphatic rings. The fraction of sp³-hybridized carbons (Fsp3) is 0.286. The first-order chi connectivity index (χ1) is 14.3. The fourth-order valence-electron chi connectivity index (χ4n) is 3.55. The van der Waals surface area contributed by atoms with E-state index in [0.717, 1.165) is 16.4 Å². The zero-order valence-electron chi connectivity index (χ0n) is 15.7. The van der Waals surface area contributed by atoms with Crippen LogP contribution in [0.15, 0.2) is 53.9 Å². The van der Waals surface area contributed by atoms with Gasteiger partial charge in [-0.1, -0.05) is 18.2 Å². The molecule has 1 amide bonds. The molecule has 2 aromatic heterocycles. The van der Waals surface area contributed by atoms with Crippen LogP contribution in [0.4, 0.5) is 5.82 Å². The van der Waals surface area contributed by atoms with Crippen molar-refractivity contribution in [2.75, 3.05) is 37.7 Å². The largest absolute Gasteiger partial charge is 0.485 e. The lowest BCUT2D eigenvalue weighted by Gasteiger charge is -2.37. The maximum absolute atomic E-state index is 12.9. The van der Waals surface area contributed by atoms with Crippen LogP contribution >= 0.6 is 11.3 Å². The minimum absolute atomic E-state index is 0.0294. The molecule has 3 aromatic rings. The van der Waals surface area contributed by atoms with E-state index >= 15 is 0 Å². The van der Waals surface area contributed by atoms with Gasteiger partial charge in [0.1, 0.15) is 12.3 Å². The van der Waals surface area contributed by atoms with E-state index in [2.05, 4.69) is 15.1 Å². The number of carbonyl (C=O) groups is 1. The molecule has 7 nitrogen and oxygen atoms in total. The smallest absolute Gasteiger partial charge is 0.267 e. The fourth-order valence-corrected chi connectivity index (χ4v) is 4.24. The number of hydrogen-bond donors (Lipinski definition) is 0. The van der Waals surface area contributed by atoms with Crippen molar-refractivity contribution >= 4 is 23.1 Å². The van der Waals surface area contributed by atoms with E-state index in [9.17, 15) is 4.79 Å². The van der Waals surface area contributed by atoms with Crippen molar-refractivity contribution in [1.82, 2.24) is 15.1 Å². The number of nitrogens with zero attached hydrogens (tertiary/aromatic N) is 4. The molecule has 29 heavy (non-hydrogen) atoms. The van der Waals surface area contributed by atoms with Gasteiger partial charge in [0, 0.05) is 26.2 Å². The highest BCUT2D eigenvalue weighted by Gasteiger charge is 2.32. The molecule has 0 bridgehead atoms. The second-order valence-electron chi connectivity index (χ2n) is 6.93. The normalized spacial score (nSPS) is 18.6. The molecule has 1 aromatic carbocycles. The van der Waals surface area contributed by atoms with Gasteiger partial charge in [-0.05, 0) is 35.7 Å². The number of fused-ring (bicyclic) bond motifs is 1. The molecule has 0 saturated carbocycles. The van der Waals surface area contributed by atoms with Gasteiger partial charge in [0.2, 0.25) is 6.10 Å². The van der Waals surface area contributed by atoms with Crippen LogP contribution in [-0.2, 0) is 4.79 Å². The standard InChI is InChI=1S/C21H20N4O3S/c26-21(18-14-27-16-4-1-2-5-17(16)28-18)25-11-9-24(10-12-25)20-8-7-15(22-23-20)19-6-3-13-29-19/h1-8,13,18H,9-12,14H2. The second kappa shape index (κ2) is 7.71. The van der Waals surface area contributed by atoms with Gasteiger partial charge in [0.25, 0.3) is 5.91 Å². The van der Waals surface area contributed by atoms with Crippen LogP contribution < -0.4 is 14.4 Å². The van der Waals surface area contributed by atoms with Gasteiger partial charge in [-0.2, -0.15) is 0 Å². The number of anilines is 1. The Bertz CT molecular complexity index is 985. The number of hydrogen-bond acceptors (Lipinski definition) is 7. The molecule has 1 saturated heterocycles. The minimum Gasteiger partial charge on any atom is -0.485 e. The van der Waals surface area contributed by atoms with Gasteiger partial charge in [0.15, 0.2) is 17.3 Å². The number of aromatic nitrogens is 2. The number of piperazine rings is 1. The van der Waals surface area contributed by atoms with Gasteiger partial charge in [0.05, 0.1) is 4.88 Å². The molecule has 1 unspecified atom stereocenters. The van der Waals surface area contributed by atoms with Crippen LogP contribution in [0.1, 0.15) is 0 Å². The van der Waals surface area contributed by atoms with Crippen LogP contribution in [0.2, 0.25) is 0 Å². The quantitative estimate of drug-likeness (QED) is 0.664. The van der Waals surface area contributed by atoms with Crippen LogP contribution in [0.25, 0.3) is 10.6 Å². The van der Waals surface area contributed by atoms with E-state index in [0.29, 0.717) is 37.7 Å². The number of para-hydroxylation sites is 2. The van der Waals surface area contributed by atoms with E-state index in [1.165, 1.54) is 0 Å². The molecule has 2 aliphatic heterocycles. The summed E-state index contributed by atoms with van der Waals surface area (Å²) in [4.78, 5) is 18.0. The minimum atomic E-state index is -0.596. The Morgan fingerprint density at radius 1 is 0.966 bits per heavy atom. The van der Waals surface area contributed by atoms with E-state index < -0.39 is 6.10 Å². The van der Waals surface area contributed by atoms with Gasteiger partial charge in [-0.3, -0.25) is 4.79 Å². The summed E-state index contributed by atoms with van der Waals surface area (Å²) in [5.74, 6) is 2.12. The maximum atomic E-state index is 12.9. The molecule has 0 spiro atoms. The Kier molecular flexibility index (Phi) is 4.77. The van der Waals surface area contributed by atoms with Crippen molar-refractivity contribution in [2.45, 2.75) is 6.10 Å². The monoisotopic (exact) mass is 408 g/mol. The first-order valence-corrected chi connectivity index (χ1v) is 10.5. The predicted octanol–water partition coefficient (Wildman–Crippen LogP) is 2.69. The van der Waals surface area contributed by atoms with Crippen molar-refractivity contribution in [3.8, 4) is 22.1 Å². The highest BCUT2D eigenvalue weighted by atomic mass is 32.1. The molecule has 4 heterocycles. The molecular weight excluding hydrogens is 388 g/mol. The number of carbonyl (C=O) groups excluding carboxylic acids is 1. The lowest BCUT2D eigenvalue weighted by molar-refractivity contribution is -0.141.